The molecule has 1 unspecified atom stereocenters. The van der Waals surface area contributed by atoms with E-state index in [1.165, 1.54) is 14.0 Å². The Morgan fingerprint density at radius 1 is 1.15 bits per heavy atom. The van der Waals surface area contributed by atoms with E-state index in [2.05, 4.69) is 5.43 Å². The number of nitrogens with zero attached hydrogens (tertiary/aromatic N) is 1. The Labute approximate surface area is 151 Å². The minimum atomic E-state index is -1.29. The molecule has 0 aromatic carbocycles. The zero-order valence-corrected chi connectivity index (χ0v) is 14.9. The van der Waals surface area contributed by atoms with Crippen LogP contribution in [0.25, 0.3) is 0 Å². The molecule has 0 aliphatic heterocycles. The van der Waals surface area contributed by atoms with Crippen LogP contribution in [0.1, 0.15) is 26.2 Å². The van der Waals surface area contributed by atoms with Gasteiger partial charge in [-0.25, -0.2) is 5.43 Å². The summed E-state index contributed by atoms with van der Waals surface area (Å²) in [4.78, 5) is 46.0. The number of amides is 2. The van der Waals surface area contributed by atoms with Crippen LogP contribution in [0.3, 0.4) is 0 Å². The van der Waals surface area contributed by atoms with Gasteiger partial charge in [0, 0.05) is 32.9 Å². The van der Waals surface area contributed by atoms with Crippen molar-refractivity contribution in [2.24, 2.45) is 23.3 Å². The van der Waals surface area contributed by atoms with Gasteiger partial charge in [-0.3, -0.25) is 24.2 Å². The molecule has 0 fully saturated rings. The first-order chi connectivity index (χ1) is 12.0. The second kappa shape index (κ2) is 11.5. The zero-order valence-electron chi connectivity index (χ0n) is 14.9. The zero-order chi connectivity index (χ0) is 20.4. The molecule has 0 aliphatic carbocycles. The number of carboxylic acid groups (broad SMARTS) is 1. The number of aliphatic hydroxyl groups excluding tert-OH is 2. The largest absolute Gasteiger partial charge is 0.481 e. The van der Waals surface area contributed by atoms with Crippen LogP contribution in [0, 0.1) is 11.8 Å². The summed E-state index contributed by atoms with van der Waals surface area (Å²) < 4.78 is 0. The molecule has 0 spiro atoms. The molecule has 8 N–H and O–H groups in total. The van der Waals surface area contributed by atoms with Gasteiger partial charge in [-0.15, -0.1) is 0 Å². The van der Waals surface area contributed by atoms with Crippen LogP contribution in [0.4, 0.5) is 0 Å². The summed E-state index contributed by atoms with van der Waals surface area (Å²) in [6.45, 7) is 0.722. The number of Topliss-reactive ketones (excluding diaryl/α,β-unsaturated/α-hetero) is 1. The number of hydrogen-bond acceptors (Lipinski definition) is 8. The lowest BCUT2D eigenvalue weighted by atomic mass is 9.93. The molecule has 11 nitrogen and oxygen atoms in total. The number of ketones is 1. The van der Waals surface area contributed by atoms with Gasteiger partial charge in [-0.2, -0.15) is 0 Å². The molecular formula is C15H28N4O7. The van der Waals surface area contributed by atoms with Gasteiger partial charge in [-0.1, -0.05) is 0 Å². The molecule has 0 heterocycles. The molecule has 0 rings (SSSR count). The fourth-order valence-electron chi connectivity index (χ4n) is 2.19. The fourth-order valence-corrected chi connectivity index (χ4v) is 2.19. The monoisotopic (exact) mass is 376 g/mol. The summed E-state index contributed by atoms with van der Waals surface area (Å²) in [5.41, 5.74) is 13.4. The lowest BCUT2D eigenvalue weighted by Crippen LogP contribution is -2.53. The van der Waals surface area contributed by atoms with Gasteiger partial charge in [0.25, 0.3) is 5.91 Å². The summed E-state index contributed by atoms with van der Waals surface area (Å²) in [5, 5.41) is 28.2. The second-order valence-corrected chi connectivity index (χ2v) is 6.23. The highest BCUT2D eigenvalue weighted by molar-refractivity contribution is 5.84. The number of primary amides is 1. The van der Waals surface area contributed by atoms with Crippen LogP contribution in [-0.4, -0.2) is 76.2 Å². The molecule has 0 saturated carbocycles. The number of aliphatic carboxylic acids is 1. The van der Waals surface area contributed by atoms with Crippen molar-refractivity contribution in [3.8, 4) is 0 Å². The van der Waals surface area contributed by atoms with E-state index in [4.69, 9.17) is 21.7 Å². The maximum absolute atomic E-state index is 12.0. The maximum atomic E-state index is 12.0. The lowest BCUT2D eigenvalue weighted by Gasteiger charge is -2.25. The molecule has 26 heavy (non-hydrogen) atoms. The van der Waals surface area contributed by atoms with Crippen molar-refractivity contribution in [1.82, 2.24) is 10.4 Å². The first-order valence-corrected chi connectivity index (χ1v) is 8.07. The van der Waals surface area contributed by atoms with Gasteiger partial charge in [0.05, 0.1) is 18.6 Å². The third-order valence-electron chi connectivity index (χ3n) is 3.80. The summed E-state index contributed by atoms with van der Waals surface area (Å²) >= 11 is 0. The van der Waals surface area contributed by atoms with E-state index < -0.39 is 54.2 Å². The highest BCUT2D eigenvalue weighted by Gasteiger charge is 2.25. The van der Waals surface area contributed by atoms with Crippen LogP contribution in [0.5, 0.6) is 0 Å². The summed E-state index contributed by atoms with van der Waals surface area (Å²) in [5.74, 6) is -4.77. The van der Waals surface area contributed by atoms with Crippen LogP contribution in [-0.2, 0) is 19.2 Å². The van der Waals surface area contributed by atoms with E-state index in [1.54, 1.807) is 0 Å². The molecule has 0 aromatic rings. The molecule has 0 bridgehead atoms. The predicted octanol–water partition coefficient (Wildman–Crippen LogP) is -2.81. The Kier molecular flexibility index (Phi) is 10.6. The highest BCUT2D eigenvalue weighted by Crippen LogP contribution is 2.13. The number of aliphatic hydroxyl groups is 2. The van der Waals surface area contributed by atoms with Crippen LogP contribution >= 0.6 is 0 Å². The van der Waals surface area contributed by atoms with E-state index >= 15 is 0 Å². The number of carbonyl (C=O) groups excluding carboxylic acids is 3. The van der Waals surface area contributed by atoms with Crippen molar-refractivity contribution in [3.05, 3.63) is 0 Å². The Bertz CT molecular complexity index is 512. The minimum Gasteiger partial charge on any atom is -0.481 e. The summed E-state index contributed by atoms with van der Waals surface area (Å²) in [6.07, 6.45) is -1.73. The number of hydrogen-bond donors (Lipinski definition) is 6. The average Bonchev–Trinajstić information content (AvgIpc) is 2.54. The first kappa shape index (κ1) is 23.9. The van der Waals surface area contributed by atoms with Gasteiger partial charge in [0.2, 0.25) is 5.91 Å². The van der Waals surface area contributed by atoms with Crippen LogP contribution < -0.4 is 16.9 Å². The first-order valence-electron chi connectivity index (χ1n) is 8.07. The van der Waals surface area contributed by atoms with Crippen LogP contribution in [0.2, 0.25) is 0 Å². The summed E-state index contributed by atoms with van der Waals surface area (Å²) in [7, 11) is 1.37. The molecule has 0 aromatic heterocycles. The van der Waals surface area contributed by atoms with Crippen molar-refractivity contribution in [2.75, 3.05) is 20.2 Å². The Hall–Kier alpha value is -2.08. The van der Waals surface area contributed by atoms with Gasteiger partial charge in [0.1, 0.15) is 11.8 Å². The number of hydrazine groups is 1. The lowest BCUT2D eigenvalue weighted by molar-refractivity contribution is -0.145. The second-order valence-electron chi connectivity index (χ2n) is 6.23. The van der Waals surface area contributed by atoms with Gasteiger partial charge in [-0.05, 0) is 12.8 Å². The van der Waals surface area contributed by atoms with Gasteiger partial charge in [0.15, 0.2) is 0 Å². The van der Waals surface area contributed by atoms with E-state index in [-0.39, 0.29) is 25.8 Å². The Morgan fingerprint density at radius 2 is 1.73 bits per heavy atom. The SMILES string of the molecule is CC(O)[C@@H](N)C(=O)N(C)NC[C@@H](CC(N)=O)CC(=O)C[C@H](CO)C(=O)O. The normalized spacial score (nSPS) is 15.6. The third-order valence-corrected chi connectivity index (χ3v) is 3.80. The topological polar surface area (TPSA) is 196 Å². The predicted molar refractivity (Wildman–Crippen MR) is 90.2 cm³/mol. The van der Waals surface area contributed by atoms with Crippen molar-refractivity contribution >= 4 is 23.6 Å². The van der Waals surface area contributed by atoms with Crippen molar-refractivity contribution < 1.29 is 34.5 Å². The number of rotatable bonds is 13. The van der Waals surface area contributed by atoms with Crippen molar-refractivity contribution in [1.29, 1.82) is 0 Å². The van der Waals surface area contributed by atoms with Gasteiger partial charge < -0.3 is 26.8 Å². The molecule has 11 heteroatoms. The molecule has 150 valence electrons. The van der Waals surface area contributed by atoms with E-state index in [0.717, 1.165) is 5.01 Å². The smallest absolute Gasteiger partial charge is 0.309 e. The third kappa shape index (κ3) is 8.85. The molecule has 2 amide bonds. The minimum absolute atomic E-state index is 0.0281. The standard InChI is InChI=1S/C15H28N4O7/c1-8(21)13(17)14(24)19(2)18-6-9(4-12(16)23)3-11(22)5-10(7-20)15(25)26/h8-10,13,18,20-21H,3-7,17H2,1-2H3,(H2,16,23)(H,25,26)/t8?,9-,10-,13-/m1/s1. The average molecular weight is 376 g/mol. The number of nitrogens with one attached hydrogen (secondary N) is 1. The van der Waals surface area contributed by atoms with E-state index in [0.29, 0.717) is 0 Å². The summed E-state index contributed by atoms with van der Waals surface area (Å²) in [6, 6.07) is -1.13. The van der Waals surface area contributed by atoms with Gasteiger partial charge >= 0.3 is 5.97 Å². The Morgan fingerprint density at radius 3 is 2.15 bits per heavy atom. The molecule has 0 radical (unpaired) electrons. The highest BCUT2D eigenvalue weighted by atomic mass is 16.4. The molecule has 0 saturated heterocycles. The molecule has 4 atom stereocenters. The molecular weight excluding hydrogens is 348 g/mol. The quantitative estimate of drug-likeness (QED) is 0.184. The maximum Gasteiger partial charge on any atom is 0.309 e. The molecule has 0 aliphatic rings. The Balaban J connectivity index is 4.75. The van der Waals surface area contributed by atoms with Crippen molar-refractivity contribution in [3.63, 3.8) is 0 Å². The fraction of sp³-hybridized carbons (Fsp3) is 0.733. The number of carboxylic acids is 1. The van der Waals surface area contributed by atoms with E-state index in [9.17, 15) is 24.3 Å². The van der Waals surface area contributed by atoms with E-state index in [1.807, 2.05) is 0 Å². The van der Waals surface area contributed by atoms with Crippen LogP contribution in [0.15, 0.2) is 0 Å². The number of nitrogens with two attached hydrogens (primary N) is 2. The number of likely N-dealkylation sites (N-methyl/N-ethyl adjacent to an activating group) is 1. The number of carbonyl (C=O) groups is 4. The van der Waals surface area contributed by atoms with Crippen molar-refractivity contribution in [2.45, 2.75) is 38.3 Å².